The number of benzene rings is 3. The van der Waals surface area contributed by atoms with Gasteiger partial charge in [-0.1, -0.05) is 105 Å². The van der Waals surface area contributed by atoms with Crippen LogP contribution in [0.4, 0.5) is 15.5 Å². The molecule has 1 unspecified atom stereocenters. The number of carbonyl (C=O) groups excluding carboxylic acids is 3. The number of aromatic nitrogens is 4. The van der Waals surface area contributed by atoms with Gasteiger partial charge in [-0.25, -0.2) is 19.6 Å². The summed E-state index contributed by atoms with van der Waals surface area (Å²) in [6.45, 7) is 0.585. The summed E-state index contributed by atoms with van der Waals surface area (Å²) < 4.78 is 0. The van der Waals surface area contributed by atoms with Gasteiger partial charge in [0.05, 0.1) is 29.8 Å². The van der Waals surface area contributed by atoms with Crippen LogP contribution in [-0.2, 0) is 4.79 Å². The average Bonchev–Trinajstić information content (AvgIpc) is 4.04. The maximum absolute atomic E-state index is 14.5. The number of amides is 5. The summed E-state index contributed by atoms with van der Waals surface area (Å²) in [5.74, 6) is 1.11. The first-order valence-corrected chi connectivity index (χ1v) is 19.2. The Morgan fingerprint density at radius 2 is 1.20 bits per heavy atom. The second-order valence-corrected chi connectivity index (χ2v) is 14.8. The third-order valence-corrected chi connectivity index (χ3v) is 11.5. The lowest BCUT2D eigenvalue weighted by molar-refractivity contribution is -0.138. The molecule has 0 radical (unpaired) electrons. The van der Waals surface area contributed by atoms with Crippen molar-refractivity contribution in [3.8, 4) is 33.6 Å². The number of hydrogen-bond acceptors (Lipinski definition) is 5. The minimum Gasteiger partial charge on any atom is -0.351 e. The summed E-state index contributed by atoms with van der Waals surface area (Å²) in [6.07, 6.45) is 13.0. The summed E-state index contributed by atoms with van der Waals surface area (Å²) in [7, 11) is 0. The molecular weight excluding hydrogens is 679 g/mol. The van der Waals surface area contributed by atoms with E-state index < -0.39 is 18.1 Å². The van der Waals surface area contributed by atoms with Crippen molar-refractivity contribution in [2.24, 2.45) is 11.5 Å². The number of nitrogens with two attached hydrogens (primary N) is 2. The van der Waals surface area contributed by atoms with E-state index in [0.29, 0.717) is 12.5 Å². The van der Waals surface area contributed by atoms with E-state index in [9.17, 15) is 14.4 Å². The number of H-pyrrole nitrogens is 2. The van der Waals surface area contributed by atoms with Gasteiger partial charge in [-0.2, -0.15) is 0 Å². The normalized spacial score (nSPS) is 18.2. The summed E-state index contributed by atoms with van der Waals surface area (Å²) >= 11 is 0. The van der Waals surface area contributed by atoms with Crippen LogP contribution in [0.1, 0.15) is 87.7 Å². The van der Waals surface area contributed by atoms with E-state index in [4.69, 9.17) is 16.5 Å². The number of primary amides is 2. The molecule has 2 aliphatic carbocycles. The van der Waals surface area contributed by atoms with Gasteiger partial charge >= 0.3 is 12.1 Å². The Labute approximate surface area is 315 Å². The van der Waals surface area contributed by atoms with Crippen molar-refractivity contribution in [1.82, 2.24) is 29.7 Å². The van der Waals surface area contributed by atoms with Crippen LogP contribution in [0.25, 0.3) is 33.6 Å². The largest absolute Gasteiger partial charge is 0.351 e. The molecule has 5 amide bonds. The molecular formula is C42H47N9O3. The zero-order valence-corrected chi connectivity index (χ0v) is 30.4. The zero-order valence-electron chi connectivity index (χ0n) is 30.4. The summed E-state index contributed by atoms with van der Waals surface area (Å²) in [4.78, 5) is 60.9. The topological polar surface area (TPSA) is 170 Å². The fraction of sp³-hybridized carbons (Fsp3) is 0.357. The van der Waals surface area contributed by atoms with Crippen molar-refractivity contribution >= 4 is 23.9 Å². The molecule has 54 heavy (non-hydrogen) atoms. The average molecular weight is 726 g/mol. The number of likely N-dealkylation sites (tertiary alicyclic amines) is 1. The predicted molar refractivity (Wildman–Crippen MR) is 208 cm³/mol. The minimum absolute atomic E-state index is 0.0552. The summed E-state index contributed by atoms with van der Waals surface area (Å²) in [5.41, 5.74) is 18.3. The van der Waals surface area contributed by atoms with E-state index in [-0.39, 0.29) is 24.0 Å². The maximum Gasteiger partial charge on any atom is 0.321 e. The molecule has 0 bridgehead atoms. The fourth-order valence-electron chi connectivity index (χ4n) is 8.77. The second-order valence-electron chi connectivity index (χ2n) is 14.8. The predicted octanol–water partition coefficient (Wildman–Crippen LogP) is 7.69. The number of imidazole rings is 2. The van der Waals surface area contributed by atoms with E-state index in [2.05, 4.69) is 51.4 Å². The van der Waals surface area contributed by atoms with Crippen LogP contribution in [0.5, 0.6) is 0 Å². The minimum atomic E-state index is -0.783. The zero-order chi connectivity index (χ0) is 37.2. The van der Waals surface area contributed by atoms with Gasteiger partial charge in [0.1, 0.15) is 11.9 Å². The number of anilines is 1. The number of carbonyl (C=O) groups is 3. The maximum atomic E-state index is 14.5. The Morgan fingerprint density at radius 3 is 1.80 bits per heavy atom. The molecule has 3 heterocycles. The third-order valence-electron chi connectivity index (χ3n) is 11.5. The van der Waals surface area contributed by atoms with Crippen LogP contribution in [0.15, 0.2) is 91.3 Å². The van der Waals surface area contributed by atoms with E-state index in [0.717, 1.165) is 109 Å². The number of hydrogen-bond donors (Lipinski definition) is 4. The van der Waals surface area contributed by atoms with E-state index in [1.165, 1.54) is 0 Å². The molecule has 8 rings (SSSR count). The fourth-order valence-corrected chi connectivity index (χ4v) is 8.77. The quantitative estimate of drug-likeness (QED) is 0.116. The van der Waals surface area contributed by atoms with Gasteiger partial charge in [0.2, 0.25) is 5.95 Å². The van der Waals surface area contributed by atoms with Gasteiger partial charge in [0.25, 0.3) is 5.91 Å². The Kier molecular flexibility index (Phi) is 9.90. The molecule has 1 aliphatic heterocycles. The molecule has 12 heteroatoms. The summed E-state index contributed by atoms with van der Waals surface area (Å²) in [5, 5.41) is 0. The highest BCUT2D eigenvalue weighted by molar-refractivity contribution is 5.90. The van der Waals surface area contributed by atoms with Crippen LogP contribution >= 0.6 is 0 Å². The second kappa shape index (κ2) is 15.2. The Balaban J connectivity index is 0.969. The Hall–Kier alpha value is -5.91. The number of urea groups is 2. The smallest absolute Gasteiger partial charge is 0.321 e. The van der Waals surface area contributed by atoms with Gasteiger partial charge in [-0.15, -0.1) is 0 Å². The lowest BCUT2D eigenvalue weighted by atomic mass is 10.0. The molecule has 3 aromatic carbocycles. The van der Waals surface area contributed by atoms with Crippen molar-refractivity contribution in [1.29, 1.82) is 0 Å². The number of nitrogens with one attached hydrogen (secondary N) is 2. The Bertz CT molecular complexity index is 2080. The number of rotatable bonds is 10. The third kappa shape index (κ3) is 6.95. The SMILES string of the molecule is NC(=O)N(c1ncc(-c2ccc(-c3ccc(-c4cnc(C5CCCN5C(=O)[C@@H](c5ccccc5)N(C(N)=O)C5CCCC5)[nH]4)cc3)cc2)[nH]1)C1CCCC1. The molecule has 2 saturated carbocycles. The van der Waals surface area contributed by atoms with Gasteiger partial charge in [0.15, 0.2) is 0 Å². The summed E-state index contributed by atoms with van der Waals surface area (Å²) in [6, 6.07) is 24.0. The molecule has 278 valence electrons. The van der Waals surface area contributed by atoms with Crippen LogP contribution in [-0.4, -0.2) is 66.3 Å². The van der Waals surface area contributed by atoms with Crippen LogP contribution in [0, 0.1) is 0 Å². The number of nitrogens with zero attached hydrogens (tertiary/aromatic N) is 5. The van der Waals surface area contributed by atoms with E-state index >= 15 is 0 Å². The molecule has 1 saturated heterocycles. The first-order chi connectivity index (χ1) is 26.4. The van der Waals surface area contributed by atoms with Crippen LogP contribution < -0.4 is 16.4 Å². The first-order valence-electron chi connectivity index (χ1n) is 19.2. The van der Waals surface area contributed by atoms with Gasteiger partial charge < -0.3 is 31.2 Å². The van der Waals surface area contributed by atoms with Crippen molar-refractivity contribution in [3.63, 3.8) is 0 Å². The molecule has 0 spiro atoms. The van der Waals surface area contributed by atoms with E-state index in [1.54, 1.807) is 16.0 Å². The van der Waals surface area contributed by atoms with Gasteiger partial charge in [-0.05, 0) is 66.3 Å². The van der Waals surface area contributed by atoms with Crippen LogP contribution in [0.3, 0.4) is 0 Å². The van der Waals surface area contributed by atoms with Gasteiger partial charge in [0, 0.05) is 18.6 Å². The molecule has 12 nitrogen and oxygen atoms in total. The van der Waals surface area contributed by atoms with Crippen molar-refractivity contribution in [2.45, 2.75) is 88.4 Å². The molecule has 3 fully saturated rings. The number of aromatic amines is 2. The molecule has 2 atom stereocenters. The van der Waals surface area contributed by atoms with Crippen LogP contribution in [0.2, 0.25) is 0 Å². The van der Waals surface area contributed by atoms with Crippen molar-refractivity contribution < 1.29 is 14.4 Å². The first kappa shape index (κ1) is 35.1. The highest BCUT2D eigenvalue weighted by Crippen LogP contribution is 2.38. The molecule has 2 aromatic heterocycles. The lowest BCUT2D eigenvalue weighted by Gasteiger charge is -2.37. The van der Waals surface area contributed by atoms with Crippen molar-refractivity contribution in [2.75, 3.05) is 11.4 Å². The van der Waals surface area contributed by atoms with Gasteiger partial charge in [-0.3, -0.25) is 9.69 Å². The lowest BCUT2D eigenvalue weighted by Crippen LogP contribution is -2.51. The standard InChI is InChI=1S/C42H47N9O3/c43-40(53)50(32-11-4-5-12-32)37(31-9-2-1-3-10-31)39(52)49-24-8-15-36(49)38-45-25-34(47-38)29-20-16-27(17-21-29)28-18-22-30(23-19-28)35-26-46-42(48-35)51(41(44)54)33-13-6-7-14-33/h1-3,9-10,16-23,25-26,32-33,36-37H,4-8,11-15,24H2,(H2,43,53)(H2,44,54)(H,45,47)(H,46,48)/t36?,37-/m1/s1. The molecule has 6 N–H and O–H groups in total. The molecule has 5 aromatic rings. The molecule has 3 aliphatic rings. The van der Waals surface area contributed by atoms with E-state index in [1.807, 2.05) is 53.6 Å². The highest BCUT2D eigenvalue weighted by atomic mass is 16.2. The monoisotopic (exact) mass is 725 g/mol. The van der Waals surface area contributed by atoms with Crippen molar-refractivity contribution in [3.05, 3.63) is 103 Å². The Morgan fingerprint density at radius 1 is 0.648 bits per heavy atom. The highest BCUT2D eigenvalue weighted by Gasteiger charge is 2.42.